The van der Waals surface area contributed by atoms with E-state index in [0.717, 1.165) is 23.2 Å². The fourth-order valence-corrected chi connectivity index (χ4v) is 4.34. The van der Waals surface area contributed by atoms with Crippen molar-refractivity contribution in [2.75, 3.05) is 18.9 Å². The standard InChI is InChI=1S/C22H30N4O2S/c1-14-11-15(2)16(3)19(12-14)28-10-4-9-23-20(27)13-29-22-25-24-21(17-5-6-17)26(22)18-7-8-18/h11-12,17-18H,4-10,13H2,1-3H3,(H,23,27). The molecule has 1 heterocycles. The van der Waals surface area contributed by atoms with Crippen LogP contribution in [0.15, 0.2) is 17.3 Å². The number of nitrogens with one attached hydrogen (secondary N) is 1. The molecule has 1 aromatic carbocycles. The van der Waals surface area contributed by atoms with E-state index in [2.05, 4.69) is 53.0 Å². The number of hydrogen-bond acceptors (Lipinski definition) is 5. The molecular formula is C22H30N4O2S. The summed E-state index contributed by atoms with van der Waals surface area (Å²) in [6.45, 7) is 7.47. The van der Waals surface area contributed by atoms with Gasteiger partial charge in [-0.15, -0.1) is 10.2 Å². The number of aromatic nitrogens is 3. The molecule has 1 N–H and O–H groups in total. The van der Waals surface area contributed by atoms with Crippen LogP contribution in [0.3, 0.4) is 0 Å². The zero-order valence-corrected chi connectivity index (χ0v) is 18.3. The fraction of sp³-hybridized carbons (Fsp3) is 0.591. The summed E-state index contributed by atoms with van der Waals surface area (Å²) in [6, 6.07) is 4.79. The third-order valence-electron chi connectivity index (χ3n) is 5.54. The van der Waals surface area contributed by atoms with E-state index < -0.39 is 0 Å². The van der Waals surface area contributed by atoms with Crippen molar-refractivity contribution in [1.29, 1.82) is 0 Å². The second kappa shape index (κ2) is 8.78. The molecular weight excluding hydrogens is 384 g/mol. The van der Waals surface area contributed by atoms with Gasteiger partial charge >= 0.3 is 0 Å². The van der Waals surface area contributed by atoms with E-state index in [4.69, 9.17) is 4.74 Å². The monoisotopic (exact) mass is 414 g/mol. The summed E-state index contributed by atoms with van der Waals surface area (Å²) in [4.78, 5) is 12.2. The quantitative estimate of drug-likeness (QED) is 0.468. The van der Waals surface area contributed by atoms with Crippen LogP contribution in [0.5, 0.6) is 5.75 Å². The molecule has 7 heteroatoms. The van der Waals surface area contributed by atoms with Gasteiger partial charge in [-0.2, -0.15) is 0 Å². The number of thioether (sulfide) groups is 1. The van der Waals surface area contributed by atoms with Crippen LogP contribution >= 0.6 is 11.8 Å². The number of carbonyl (C=O) groups excluding carboxylic acids is 1. The summed E-state index contributed by atoms with van der Waals surface area (Å²) in [6.07, 6.45) is 5.64. The van der Waals surface area contributed by atoms with Crippen LogP contribution in [0.25, 0.3) is 0 Å². The average Bonchev–Trinajstić information content (AvgIpc) is 3.62. The Bertz CT molecular complexity index is 887. The van der Waals surface area contributed by atoms with Crippen molar-refractivity contribution in [2.24, 2.45) is 0 Å². The molecule has 2 saturated carbocycles. The highest BCUT2D eigenvalue weighted by atomic mass is 32.2. The predicted molar refractivity (Wildman–Crippen MR) is 115 cm³/mol. The maximum Gasteiger partial charge on any atom is 0.230 e. The molecule has 0 radical (unpaired) electrons. The van der Waals surface area contributed by atoms with Crippen molar-refractivity contribution >= 4 is 17.7 Å². The molecule has 2 aliphatic carbocycles. The summed E-state index contributed by atoms with van der Waals surface area (Å²) in [7, 11) is 0. The van der Waals surface area contributed by atoms with Crippen LogP contribution < -0.4 is 10.1 Å². The molecule has 2 aromatic rings. The summed E-state index contributed by atoms with van der Waals surface area (Å²) in [5.41, 5.74) is 3.63. The van der Waals surface area contributed by atoms with Gasteiger partial charge in [-0.3, -0.25) is 4.79 Å². The van der Waals surface area contributed by atoms with Crippen molar-refractivity contribution in [1.82, 2.24) is 20.1 Å². The van der Waals surface area contributed by atoms with E-state index in [-0.39, 0.29) is 5.91 Å². The zero-order valence-electron chi connectivity index (χ0n) is 17.5. The van der Waals surface area contributed by atoms with E-state index >= 15 is 0 Å². The molecule has 0 atom stereocenters. The lowest BCUT2D eigenvalue weighted by Crippen LogP contribution is -2.27. The summed E-state index contributed by atoms with van der Waals surface area (Å²) in [5.74, 6) is 3.08. The Morgan fingerprint density at radius 3 is 2.72 bits per heavy atom. The molecule has 0 bridgehead atoms. The van der Waals surface area contributed by atoms with Gasteiger partial charge < -0.3 is 14.6 Å². The van der Waals surface area contributed by atoms with Gasteiger partial charge in [-0.05, 0) is 75.6 Å². The predicted octanol–water partition coefficient (Wildman–Crippen LogP) is 4.09. The molecule has 0 aliphatic heterocycles. The largest absolute Gasteiger partial charge is 0.493 e. The van der Waals surface area contributed by atoms with Gasteiger partial charge in [0.25, 0.3) is 0 Å². The molecule has 4 rings (SSSR count). The van der Waals surface area contributed by atoms with Crippen LogP contribution in [0.4, 0.5) is 0 Å². The number of aryl methyl sites for hydroxylation is 2. The number of hydrogen-bond donors (Lipinski definition) is 1. The van der Waals surface area contributed by atoms with Crippen LogP contribution in [-0.4, -0.2) is 39.6 Å². The SMILES string of the molecule is Cc1cc(C)c(C)c(OCCCNC(=O)CSc2nnc(C3CC3)n2C2CC2)c1. The van der Waals surface area contributed by atoms with E-state index in [1.54, 1.807) is 0 Å². The minimum Gasteiger partial charge on any atom is -0.493 e. The molecule has 2 fully saturated rings. The summed E-state index contributed by atoms with van der Waals surface area (Å²) >= 11 is 1.50. The molecule has 0 unspecified atom stereocenters. The van der Waals surface area contributed by atoms with Crippen LogP contribution in [0, 0.1) is 20.8 Å². The lowest BCUT2D eigenvalue weighted by molar-refractivity contribution is -0.118. The van der Waals surface area contributed by atoms with Crippen molar-refractivity contribution in [2.45, 2.75) is 70.0 Å². The van der Waals surface area contributed by atoms with Crippen molar-refractivity contribution < 1.29 is 9.53 Å². The van der Waals surface area contributed by atoms with E-state index in [0.29, 0.717) is 30.9 Å². The second-order valence-corrected chi connectivity index (χ2v) is 9.20. The van der Waals surface area contributed by atoms with Gasteiger partial charge in [-0.25, -0.2) is 0 Å². The fourth-order valence-electron chi connectivity index (χ4n) is 3.50. The van der Waals surface area contributed by atoms with Gasteiger partial charge in [0.15, 0.2) is 5.16 Å². The van der Waals surface area contributed by atoms with Crippen molar-refractivity contribution in [3.8, 4) is 5.75 Å². The Morgan fingerprint density at radius 2 is 2.00 bits per heavy atom. The lowest BCUT2D eigenvalue weighted by Gasteiger charge is -2.12. The third kappa shape index (κ3) is 5.13. The van der Waals surface area contributed by atoms with Gasteiger partial charge in [0.2, 0.25) is 5.91 Å². The van der Waals surface area contributed by atoms with Crippen LogP contribution in [0.1, 0.15) is 66.6 Å². The number of amides is 1. The molecule has 2 aliphatic rings. The first-order valence-electron chi connectivity index (χ1n) is 10.6. The number of nitrogens with zero attached hydrogens (tertiary/aromatic N) is 3. The Morgan fingerprint density at radius 1 is 1.21 bits per heavy atom. The minimum atomic E-state index is 0.0379. The first-order chi connectivity index (χ1) is 14.0. The first kappa shape index (κ1) is 20.3. The highest BCUT2D eigenvalue weighted by molar-refractivity contribution is 7.99. The first-order valence-corrected chi connectivity index (χ1v) is 11.6. The van der Waals surface area contributed by atoms with Crippen molar-refractivity contribution in [3.05, 3.63) is 34.6 Å². The Hall–Kier alpha value is -2.02. The maximum absolute atomic E-state index is 12.2. The van der Waals surface area contributed by atoms with E-state index in [9.17, 15) is 4.79 Å². The minimum absolute atomic E-state index is 0.0379. The molecule has 6 nitrogen and oxygen atoms in total. The normalized spacial score (nSPS) is 16.1. The molecule has 1 amide bonds. The van der Waals surface area contributed by atoms with Crippen LogP contribution in [-0.2, 0) is 4.79 Å². The molecule has 0 saturated heterocycles. The number of carbonyl (C=O) groups is 1. The third-order valence-corrected chi connectivity index (χ3v) is 6.49. The molecule has 29 heavy (non-hydrogen) atoms. The van der Waals surface area contributed by atoms with Gasteiger partial charge in [-0.1, -0.05) is 17.8 Å². The van der Waals surface area contributed by atoms with Gasteiger partial charge in [0.1, 0.15) is 11.6 Å². The smallest absolute Gasteiger partial charge is 0.230 e. The second-order valence-electron chi connectivity index (χ2n) is 8.26. The Labute approximate surface area is 176 Å². The molecule has 1 aromatic heterocycles. The zero-order chi connectivity index (χ0) is 20.4. The van der Waals surface area contributed by atoms with E-state index in [1.165, 1.54) is 54.1 Å². The lowest BCUT2D eigenvalue weighted by atomic mass is 10.1. The van der Waals surface area contributed by atoms with Crippen molar-refractivity contribution in [3.63, 3.8) is 0 Å². The number of rotatable bonds is 10. The van der Waals surface area contributed by atoms with Gasteiger partial charge in [0.05, 0.1) is 12.4 Å². The summed E-state index contributed by atoms with van der Waals surface area (Å²) < 4.78 is 8.20. The topological polar surface area (TPSA) is 69.0 Å². The van der Waals surface area contributed by atoms with Gasteiger partial charge in [0, 0.05) is 18.5 Å². The molecule has 156 valence electrons. The Balaban J connectivity index is 1.18. The summed E-state index contributed by atoms with van der Waals surface area (Å²) in [5, 5.41) is 12.6. The van der Waals surface area contributed by atoms with Crippen LogP contribution in [0.2, 0.25) is 0 Å². The maximum atomic E-state index is 12.2. The average molecular weight is 415 g/mol. The number of benzene rings is 1. The Kier molecular flexibility index (Phi) is 6.13. The number of ether oxygens (including phenoxy) is 1. The van der Waals surface area contributed by atoms with E-state index in [1.807, 2.05) is 0 Å². The molecule has 0 spiro atoms. The highest BCUT2D eigenvalue weighted by Gasteiger charge is 2.36. The highest BCUT2D eigenvalue weighted by Crippen LogP contribution is 2.45.